The number of aryl methyl sites for hydroxylation is 1. The van der Waals surface area contributed by atoms with E-state index in [1.165, 1.54) is 44.2 Å². The Bertz CT molecular complexity index is 1280. The Kier molecular flexibility index (Phi) is 8.03. The second-order valence-corrected chi connectivity index (χ2v) is 9.44. The van der Waals surface area contributed by atoms with Crippen LogP contribution in [0.25, 0.3) is 22.2 Å². The van der Waals surface area contributed by atoms with Crippen LogP contribution in [0.1, 0.15) is 56.1 Å². The van der Waals surface area contributed by atoms with Crippen molar-refractivity contribution < 1.29 is 22.0 Å². The van der Waals surface area contributed by atoms with Crippen LogP contribution in [0.2, 0.25) is 0 Å². The molecule has 3 aromatic rings. The molecule has 188 valence electrons. The van der Waals surface area contributed by atoms with E-state index in [4.69, 9.17) is 0 Å². The Hall–Kier alpha value is -3.27. The molecule has 4 rings (SSSR count). The highest BCUT2D eigenvalue weighted by atomic mass is 19.4. The van der Waals surface area contributed by atoms with Crippen LogP contribution in [0.3, 0.4) is 0 Å². The summed E-state index contributed by atoms with van der Waals surface area (Å²) in [5.41, 5.74) is 0.691. The molecule has 1 aromatic heterocycles. The maximum absolute atomic E-state index is 14.7. The van der Waals surface area contributed by atoms with Gasteiger partial charge >= 0.3 is 6.18 Å². The number of alkyl halides is 3. The van der Waals surface area contributed by atoms with Crippen molar-refractivity contribution in [1.29, 1.82) is 0 Å². The summed E-state index contributed by atoms with van der Waals surface area (Å²) in [5, 5.41) is 0.166. The Morgan fingerprint density at radius 1 is 0.972 bits per heavy atom. The third-order valence-corrected chi connectivity index (χ3v) is 6.91. The maximum atomic E-state index is 14.7. The van der Waals surface area contributed by atoms with Crippen molar-refractivity contribution in [2.45, 2.75) is 57.5 Å². The SMILES string of the molecule is C=CCCC1CCC(CCc2cnc(-c3ccc4c(F)c(C#CC(F)(F)F)c(F)cc4c3)nc2)CC1. The summed E-state index contributed by atoms with van der Waals surface area (Å²) in [6.07, 6.45) is 10.1. The van der Waals surface area contributed by atoms with Crippen LogP contribution in [-0.4, -0.2) is 16.1 Å². The molecular formula is C29H27F5N2. The number of benzene rings is 2. The molecule has 0 aliphatic heterocycles. The average molecular weight is 499 g/mol. The Balaban J connectivity index is 1.42. The van der Waals surface area contributed by atoms with Gasteiger partial charge in [-0.1, -0.05) is 49.8 Å². The third-order valence-electron chi connectivity index (χ3n) is 6.91. The highest BCUT2D eigenvalue weighted by Gasteiger charge is 2.24. The monoisotopic (exact) mass is 498 g/mol. The first-order valence-corrected chi connectivity index (χ1v) is 12.2. The molecule has 2 aromatic carbocycles. The summed E-state index contributed by atoms with van der Waals surface area (Å²) in [7, 11) is 0. The summed E-state index contributed by atoms with van der Waals surface area (Å²) in [6.45, 7) is 3.81. The van der Waals surface area contributed by atoms with Gasteiger partial charge in [-0.2, -0.15) is 13.2 Å². The van der Waals surface area contributed by atoms with Crippen LogP contribution in [0.5, 0.6) is 0 Å². The first kappa shape index (κ1) is 25.8. The van der Waals surface area contributed by atoms with Crippen LogP contribution in [0, 0.1) is 35.3 Å². The molecule has 1 fully saturated rings. The minimum atomic E-state index is -4.84. The van der Waals surface area contributed by atoms with E-state index < -0.39 is 23.4 Å². The summed E-state index contributed by atoms with van der Waals surface area (Å²) in [6, 6.07) is 5.43. The summed E-state index contributed by atoms with van der Waals surface area (Å²) < 4.78 is 66.0. The lowest BCUT2D eigenvalue weighted by molar-refractivity contribution is -0.0696. The average Bonchev–Trinajstić information content (AvgIpc) is 2.86. The summed E-state index contributed by atoms with van der Waals surface area (Å²) in [5.74, 6) is 2.15. The molecule has 36 heavy (non-hydrogen) atoms. The van der Waals surface area contributed by atoms with Gasteiger partial charge < -0.3 is 0 Å². The molecule has 1 aliphatic rings. The second-order valence-electron chi connectivity index (χ2n) is 9.44. The highest BCUT2D eigenvalue weighted by molar-refractivity contribution is 5.88. The van der Waals surface area contributed by atoms with Gasteiger partial charge in [-0.15, -0.1) is 6.58 Å². The van der Waals surface area contributed by atoms with Crippen LogP contribution >= 0.6 is 0 Å². The van der Waals surface area contributed by atoms with Gasteiger partial charge in [-0.25, -0.2) is 18.7 Å². The van der Waals surface area contributed by atoms with E-state index in [1.54, 1.807) is 24.4 Å². The van der Waals surface area contributed by atoms with Gasteiger partial charge in [0.2, 0.25) is 0 Å². The smallest absolute Gasteiger partial charge is 0.236 e. The minimum Gasteiger partial charge on any atom is -0.236 e. The van der Waals surface area contributed by atoms with Gasteiger partial charge in [0.05, 0.1) is 5.56 Å². The van der Waals surface area contributed by atoms with Crippen molar-refractivity contribution in [2.75, 3.05) is 0 Å². The van der Waals surface area contributed by atoms with Crippen molar-refractivity contribution in [3.63, 3.8) is 0 Å². The minimum absolute atomic E-state index is 0.0255. The maximum Gasteiger partial charge on any atom is 0.458 e. The Morgan fingerprint density at radius 2 is 1.64 bits per heavy atom. The number of nitrogens with zero attached hydrogens (tertiary/aromatic N) is 2. The third kappa shape index (κ3) is 6.48. The van der Waals surface area contributed by atoms with Gasteiger partial charge in [0, 0.05) is 29.3 Å². The predicted molar refractivity (Wildman–Crippen MR) is 131 cm³/mol. The van der Waals surface area contributed by atoms with Crippen molar-refractivity contribution in [2.24, 2.45) is 11.8 Å². The van der Waals surface area contributed by atoms with E-state index in [0.29, 0.717) is 11.4 Å². The zero-order valence-electron chi connectivity index (χ0n) is 19.8. The quantitative estimate of drug-likeness (QED) is 0.186. The molecular weight excluding hydrogens is 471 g/mol. The fourth-order valence-corrected chi connectivity index (χ4v) is 4.88. The van der Waals surface area contributed by atoms with Crippen molar-refractivity contribution >= 4 is 10.8 Å². The number of hydrogen-bond acceptors (Lipinski definition) is 2. The van der Waals surface area contributed by atoms with E-state index in [9.17, 15) is 22.0 Å². The van der Waals surface area contributed by atoms with E-state index in [2.05, 4.69) is 16.5 Å². The number of halogens is 5. The number of fused-ring (bicyclic) bond motifs is 1. The van der Waals surface area contributed by atoms with Crippen LogP contribution in [0.4, 0.5) is 22.0 Å². The van der Waals surface area contributed by atoms with Gasteiger partial charge in [0.15, 0.2) is 5.82 Å². The largest absolute Gasteiger partial charge is 0.458 e. The van der Waals surface area contributed by atoms with E-state index in [-0.39, 0.29) is 10.8 Å². The molecule has 1 aliphatic carbocycles. The Labute approximate surface area is 207 Å². The van der Waals surface area contributed by atoms with Crippen LogP contribution < -0.4 is 0 Å². The van der Waals surface area contributed by atoms with Gasteiger partial charge in [-0.05, 0) is 60.6 Å². The fourth-order valence-electron chi connectivity index (χ4n) is 4.88. The molecule has 0 bridgehead atoms. The molecule has 0 unspecified atom stereocenters. The fraction of sp³-hybridized carbons (Fsp3) is 0.379. The number of hydrogen-bond donors (Lipinski definition) is 0. The second kappa shape index (κ2) is 11.2. The number of aromatic nitrogens is 2. The van der Waals surface area contributed by atoms with Crippen molar-refractivity contribution in [3.05, 3.63) is 72.1 Å². The summed E-state index contributed by atoms with van der Waals surface area (Å²) in [4.78, 5) is 8.86. The lowest BCUT2D eigenvalue weighted by Gasteiger charge is -2.28. The molecule has 7 heteroatoms. The van der Waals surface area contributed by atoms with Crippen LogP contribution in [-0.2, 0) is 6.42 Å². The Morgan fingerprint density at radius 3 is 2.28 bits per heavy atom. The molecule has 0 N–H and O–H groups in total. The molecule has 2 nitrogen and oxygen atoms in total. The molecule has 1 heterocycles. The number of rotatable bonds is 7. The van der Waals surface area contributed by atoms with E-state index in [0.717, 1.165) is 48.6 Å². The molecule has 0 spiro atoms. The first-order chi connectivity index (χ1) is 17.2. The van der Waals surface area contributed by atoms with E-state index >= 15 is 0 Å². The van der Waals surface area contributed by atoms with Crippen molar-refractivity contribution in [3.8, 4) is 23.2 Å². The standard InChI is InChI=1S/C29H27F5N2/c1-2-3-4-19-5-7-20(8-6-19)9-10-21-17-35-28(36-18-21)22-11-12-24-23(15-22)16-26(30)25(27(24)31)13-14-29(32,33)34/h2,11-12,15-20H,1,3-10H2. The lowest BCUT2D eigenvalue weighted by atomic mass is 9.78. The molecule has 0 radical (unpaired) electrons. The predicted octanol–water partition coefficient (Wildman–Crippen LogP) is 8.19. The zero-order chi connectivity index (χ0) is 25.7. The number of allylic oxidation sites excluding steroid dienone is 1. The van der Waals surface area contributed by atoms with Gasteiger partial charge in [0.1, 0.15) is 11.6 Å². The molecule has 0 amide bonds. The lowest BCUT2D eigenvalue weighted by Crippen LogP contribution is -2.15. The first-order valence-electron chi connectivity index (χ1n) is 12.2. The van der Waals surface area contributed by atoms with Crippen LogP contribution in [0.15, 0.2) is 49.3 Å². The normalized spacial score (nSPS) is 18.0. The van der Waals surface area contributed by atoms with Gasteiger partial charge in [-0.3, -0.25) is 0 Å². The summed E-state index contributed by atoms with van der Waals surface area (Å²) >= 11 is 0. The molecule has 0 saturated heterocycles. The van der Waals surface area contributed by atoms with E-state index in [1.807, 2.05) is 6.08 Å². The zero-order valence-corrected chi connectivity index (χ0v) is 19.8. The molecule has 0 atom stereocenters. The molecule has 1 saturated carbocycles. The highest BCUT2D eigenvalue weighted by Crippen LogP contribution is 2.34. The van der Waals surface area contributed by atoms with Gasteiger partial charge in [0.25, 0.3) is 0 Å². The topological polar surface area (TPSA) is 25.8 Å². The van der Waals surface area contributed by atoms with Crippen molar-refractivity contribution in [1.82, 2.24) is 9.97 Å².